The van der Waals surface area contributed by atoms with Crippen LogP contribution in [0.3, 0.4) is 0 Å². The maximum absolute atomic E-state index is 13.7. The highest BCUT2D eigenvalue weighted by Gasteiger charge is 2.07. The van der Waals surface area contributed by atoms with Gasteiger partial charge < -0.3 is 10.1 Å². The highest BCUT2D eigenvalue weighted by Crippen LogP contribution is 2.24. The minimum absolute atomic E-state index is 0.109. The van der Waals surface area contributed by atoms with E-state index in [-0.39, 0.29) is 11.6 Å². The minimum atomic E-state index is -0.429. The van der Waals surface area contributed by atoms with Crippen molar-refractivity contribution in [1.29, 1.82) is 0 Å². The van der Waals surface area contributed by atoms with Crippen LogP contribution in [0.1, 0.15) is 11.1 Å². The van der Waals surface area contributed by atoms with Crippen LogP contribution in [0.2, 0.25) is 5.02 Å². The maximum Gasteiger partial charge on any atom is 0.148 e. The van der Waals surface area contributed by atoms with Crippen molar-refractivity contribution in [3.63, 3.8) is 0 Å². The molecule has 0 unspecified atom stereocenters. The standard InChI is InChI=1S/C15H14BrClFNO/c1-19-8-11-7-12(5-6-13(11)16)20-9-10-3-2-4-14(17)15(10)18/h2-7,19H,8-9H2,1H3. The van der Waals surface area contributed by atoms with Crippen LogP contribution in [0.4, 0.5) is 4.39 Å². The number of halogens is 3. The van der Waals surface area contributed by atoms with E-state index in [4.69, 9.17) is 16.3 Å². The van der Waals surface area contributed by atoms with E-state index >= 15 is 0 Å². The van der Waals surface area contributed by atoms with Crippen molar-refractivity contribution in [3.05, 3.63) is 62.8 Å². The number of rotatable bonds is 5. The van der Waals surface area contributed by atoms with Crippen LogP contribution >= 0.6 is 27.5 Å². The van der Waals surface area contributed by atoms with E-state index in [0.717, 1.165) is 16.6 Å². The van der Waals surface area contributed by atoms with Gasteiger partial charge >= 0.3 is 0 Å². The second-order valence-electron chi connectivity index (χ2n) is 4.29. The summed E-state index contributed by atoms with van der Waals surface area (Å²) in [6.07, 6.45) is 0. The molecule has 0 amide bonds. The van der Waals surface area contributed by atoms with Crippen LogP contribution in [0.5, 0.6) is 5.75 Å². The van der Waals surface area contributed by atoms with E-state index in [1.807, 2.05) is 25.2 Å². The second kappa shape index (κ2) is 7.07. The molecular weight excluding hydrogens is 345 g/mol. The molecular formula is C15H14BrClFNO. The summed E-state index contributed by atoms with van der Waals surface area (Å²) in [7, 11) is 1.88. The second-order valence-corrected chi connectivity index (χ2v) is 5.55. The SMILES string of the molecule is CNCc1cc(OCc2cccc(Cl)c2F)ccc1Br. The van der Waals surface area contributed by atoms with Gasteiger partial charge in [0.25, 0.3) is 0 Å². The van der Waals surface area contributed by atoms with Gasteiger partial charge in [0.05, 0.1) is 5.02 Å². The van der Waals surface area contributed by atoms with E-state index in [2.05, 4.69) is 21.2 Å². The molecule has 106 valence electrons. The Morgan fingerprint density at radius 1 is 1.25 bits per heavy atom. The molecule has 0 heterocycles. The van der Waals surface area contributed by atoms with Crippen molar-refractivity contribution >= 4 is 27.5 Å². The minimum Gasteiger partial charge on any atom is -0.489 e. The number of nitrogens with one attached hydrogen (secondary N) is 1. The lowest BCUT2D eigenvalue weighted by molar-refractivity contribution is 0.299. The summed E-state index contributed by atoms with van der Waals surface area (Å²) >= 11 is 9.21. The van der Waals surface area contributed by atoms with Crippen LogP contribution in [0.25, 0.3) is 0 Å². The molecule has 0 saturated carbocycles. The Hall–Kier alpha value is -1.10. The van der Waals surface area contributed by atoms with Gasteiger partial charge in [-0.05, 0) is 36.9 Å². The first-order valence-electron chi connectivity index (χ1n) is 6.10. The average Bonchev–Trinajstić information content (AvgIpc) is 2.44. The summed E-state index contributed by atoms with van der Waals surface area (Å²) in [6.45, 7) is 0.871. The first-order chi connectivity index (χ1) is 9.61. The summed E-state index contributed by atoms with van der Waals surface area (Å²) in [5.41, 5.74) is 1.52. The fourth-order valence-corrected chi connectivity index (χ4v) is 2.37. The van der Waals surface area contributed by atoms with Crippen LogP contribution in [-0.2, 0) is 13.2 Å². The van der Waals surface area contributed by atoms with Crippen LogP contribution in [-0.4, -0.2) is 7.05 Å². The molecule has 0 atom stereocenters. The predicted octanol–water partition coefficient (Wildman–Crippen LogP) is 4.54. The lowest BCUT2D eigenvalue weighted by atomic mass is 10.2. The molecule has 0 spiro atoms. The molecule has 0 aliphatic rings. The molecule has 0 bridgehead atoms. The van der Waals surface area contributed by atoms with Crippen molar-refractivity contribution in [2.45, 2.75) is 13.2 Å². The van der Waals surface area contributed by atoms with Crippen molar-refractivity contribution < 1.29 is 9.13 Å². The molecule has 1 N–H and O–H groups in total. The molecule has 20 heavy (non-hydrogen) atoms. The Balaban J connectivity index is 2.11. The van der Waals surface area contributed by atoms with Crippen LogP contribution < -0.4 is 10.1 Å². The van der Waals surface area contributed by atoms with E-state index in [1.165, 1.54) is 6.07 Å². The third-order valence-electron chi connectivity index (χ3n) is 2.81. The van der Waals surface area contributed by atoms with Crippen molar-refractivity contribution in [2.24, 2.45) is 0 Å². The predicted molar refractivity (Wildman–Crippen MR) is 82.6 cm³/mol. The topological polar surface area (TPSA) is 21.3 Å². The number of benzene rings is 2. The molecule has 0 saturated heterocycles. The Morgan fingerprint density at radius 3 is 2.80 bits per heavy atom. The van der Waals surface area contributed by atoms with Gasteiger partial charge in [0.15, 0.2) is 0 Å². The first kappa shape index (κ1) is 15.3. The smallest absolute Gasteiger partial charge is 0.148 e. The summed E-state index contributed by atoms with van der Waals surface area (Å²) in [5, 5.41) is 3.19. The molecule has 2 aromatic carbocycles. The molecule has 2 rings (SSSR count). The summed E-state index contributed by atoms with van der Waals surface area (Å²) in [5.74, 6) is 0.263. The highest BCUT2D eigenvalue weighted by molar-refractivity contribution is 9.10. The fourth-order valence-electron chi connectivity index (χ4n) is 1.79. The average molecular weight is 359 g/mol. The molecule has 0 fully saturated rings. The molecule has 2 nitrogen and oxygen atoms in total. The zero-order chi connectivity index (χ0) is 14.5. The number of hydrogen-bond acceptors (Lipinski definition) is 2. The zero-order valence-electron chi connectivity index (χ0n) is 10.9. The summed E-state index contributed by atoms with van der Waals surface area (Å²) in [6, 6.07) is 10.6. The summed E-state index contributed by atoms with van der Waals surface area (Å²) < 4.78 is 20.4. The Bertz CT molecular complexity index is 606. The molecule has 5 heteroatoms. The largest absolute Gasteiger partial charge is 0.489 e. The van der Waals surface area contributed by atoms with E-state index in [1.54, 1.807) is 12.1 Å². The van der Waals surface area contributed by atoms with Crippen molar-refractivity contribution in [1.82, 2.24) is 5.32 Å². The molecule has 2 aromatic rings. The summed E-state index contributed by atoms with van der Waals surface area (Å²) in [4.78, 5) is 0. The molecule has 0 radical (unpaired) electrons. The zero-order valence-corrected chi connectivity index (χ0v) is 13.3. The van der Waals surface area contributed by atoms with Gasteiger partial charge in [-0.15, -0.1) is 0 Å². The lowest BCUT2D eigenvalue weighted by Crippen LogP contribution is -2.06. The lowest BCUT2D eigenvalue weighted by Gasteiger charge is -2.10. The van der Waals surface area contributed by atoms with Gasteiger partial charge in [-0.2, -0.15) is 0 Å². The van der Waals surface area contributed by atoms with Gasteiger partial charge in [0, 0.05) is 16.6 Å². The maximum atomic E-state index is 13.7. The van der Waals surface area contributed by atoms with Crippen molar-refractivity contribution in [3.8, 4) is 5.75 Å². The molecule has 0 aliphatic heterocycles. The van der Waals surface area contributed by atoms with Crippen molar-refractivity contribution in [2.75, 3.05) is 7.05 Å². The third-order valence-corrected chi connectivity index (χ3v) is 3.88. The molecule has 0 aliphatic carbocycles. The number of ether oxygens (including phenoxy) is 1. The van der Waals surface area contributed by atoms with Gasteiger partial charge in [-0.1, -0.05) is 39.7 Å². The Kier molecular flexibility index (Phi) is 5.40. The van der Waals surface area contributed by atoms with E-state index in [9.17, 15) is 4.39 Å². The third kappa shape index (κ3) is 3.72. The van der Waals surface area contributed by atoms with E-state index < -0.39 is 5.82 Å². The normalized spacial score (nSPS) is 10.6. The van der Waals surface area contributed by atoms with Gasteiger partial charge in [0.2, 0.25) is 0 Å². The van der Waals surface area contributed by atoms with Crippen LogP contribution in [0, 0.1) is 5.82 Å². The molecule has 0 aromatic heterocycles. The van der Waals surface area contributed by atoms with Crippen LogP contribution in [0.15, 0.2) is 40.9 Å². The monoisotopic (exact) mass is 357 g/mol. The quantitative estimate of drug-likeness (QED) is 0.847. The van der Waals surface area contributed by atoms with Gasteiger partial charge in [-0.3, -0.25) is 0 Å². The Labute approximate surface area is 131 Å². The fraction of sp³-hybridized carbons (Fsp3) is 0.200. The van der Waals surface area contributed by atoms with E-state index in [0.29, 0.717) is 11.3 Å². The van der Waals surface area contributed by atoms with Gasteiger partial charge in [0.1, 0.15) is 18.2 Å². The highest BCUT2D eigenvalue weighted by atomic mass is 79.9. The number of hydrogen-bond donors (Lipinski definition) is 1. The Morgan fingerprint density at radius 2 is 2.05 bits per heavy atom. The first-order valence-corrected chi connectivity index (χ1v) is 7.27. The van der Waals surface area contributed by atoms with Gasteiger partial charge in [-0.25, -0.2) is 4.39 Å².